The first-order valence-corrected chi connectivity index (χ1v) is 14.6. The second-order valence-corrected chi connectivity index (χ2v) is 13.3. The van der Waals surface area contributed by atoms with Gasteiger partial charge in [-0.2, -0.15) is 0 Å². The Kier molecular flexibility index (Phi) is 7.34. The van der Waals surface area contributed by atoms with Crippen LogP contribution in [0, 0.1) is 17.3 Å². The van der Waals surface area contributed by atoms with Gasteiger partial charge in [0.05, 0.1) is 22.3 Å². The Balaban J connectivity index is 1.51. The third-order valence-electron chi connectivity index (χ3n) is 7.82. The normalized spacial score (nSPS) is 15.4. The first-order chi connectivity index (χ1) is 18.5. The summed E-state index contributed by atoms with van der Waals surface area (Å²) in [5, 5.41) is 4.39. The Morgan fingerprint density at radius 3 is 2.49 bits per heavy atom. The molecule has 2 amide bonds. The van der Waals surface area contributed by atoms with Gasteiger partial charge < -0.3 is 11.1 Å². The maximum atomic E-state index is 13.8. The summed E-state index contributed by atoms with van der Waals surface area (Å²) in [5.74, 6) is 0.350. The minimum Gasteiger partial charge on any atom is -0.365 e. The molecular weight excluding hydrogens is 502 g/mol. The fourth-order valence-corrected chi connectivity index (χ4v) is 6.97. The molecule has 3 N–H and O–H groups in total. The lowest BCUT2D eigenvalue weighted by Gasteiger charge is -2.33. The van der Waals surface area contributed by atoms with E-state index in [4.69, 9.17) is 10.7 Å². The number of thiophene rings is 1. The molecule has 2 aromatic carbocycles. The maximum Gasteiger partial charge on any atom is 0.257 e. The molecule has 5 rings (SSSR count). The van der Waals surface area contributed by atoms with Crippen LogP contribution in [0.2, 0.25) is 0 Å². The fourth-order valence-electron chi connectivity index (χ4n) is 5.64. The number of carbonyl (C=O) groups is 2. The molecule has 1 aliphatic rings. The summed E-state index contributed by atoms with van der Waals surface area (Å²) in [4.78, 5) is 32.4. The number of fused-ring (bicyclic) bond motifs is 2. The fraction of sp³-hybridized carbons (Fsp3) is 0.364. The van der Waals surface area contributed by atoms with Crippen LogP contribution in [0.25, 0.3) is 22.2 Å². The number of nitrogens with one attached hydrogen (secondary N) is 1. The summed E-state index contributed by atoms with van der Waals surface area (Å²) in [6.45, 7) is 11.2. The van der Waals surface area contributed by atoms with Crippen molar-refractivity contribution < 1.29 is 9.59 Å². The molecule has 202 valence electrons. The molecular formula is C33H37N3O2S. The van der Waals surface area contributed by atoms with Crippen molar-refractivity contribution in [1.29, 1.82) is 0 Å². The summed E-state index contributed by atoms with van der Waals surface area (Å²) in [5.41, 5.74) is 11.8. The van der Waals surface area contributed by atoms with Gasteiger partial charge in [0.2, 0.25) is 0 Å². The van der Waals surface area contributed by atoms with E-state index in [9.17, 15) is 9.59 Å². The van der Waals surface area contributed by atoms with Gasteiger partial charge in [-0.25, -0.2) is 4.98 Å². The van der Waals surface area contributed by atoms with Crippen molar-refractivity contribution in [3.05, 3.63) is 81.7 Å². The second-order valence-electron chi connectivity index (χ2n) is 12.2. The third kappa shape index (κ3) is 5.62. The summed E-state index contributed by atoms with van der Waals surface area (Å²) < 4.78 is 0. The number of nitrogens with two attached hydrogens (primary N) is 1. The number of hydrogen-bond acceptors (Lipinski definition) is 4. The number of carbonyl (C=O) groups excluding carboxylic acids is 2. The minimum absolute atomic E-state index is 0.178. The highest BCUT2D eigenvalue weighted by Gasteiger charge is 2.33. The van der Waals surface area contributed by atoms with Crippen LogP contribution in [0.15, 0.2) is 54.6 Å². The predicted molar refractivity (Wildman–Crippen MR) is 161 cm³/mol. The van der Waals surface area contributed by atoms with Crippen molar-refractivity contribution >= 4 is 39.1 Å². The van der Waals surface area contributed by atoms with Gasteiger partial charge in [0, 0.05) is 15.8 Å². The van der Waals surface area contributed by atoms with E-state index in [0.717, 1.165) is 58.3 Å². The van der Waals surface area contributed by atoms with Crippen molar-refractivity contribution in [3.8, 4) is 11.3 Å². The van der Waals surface area contributed by atoms with Gasteiger partial charge in [-0.15, -0.1) is 11.3 Å². The number of hydrogen-bond donors (Lipinski definition) is 2. The minimum atomic E-state index is -0.487. The lowest BCUT2D eigenvalue weighted by Crippen LogP contribution is -2.27. The van der Waals surface area contributed by atoms with Crippen molar-refractivity contribution in [3.63, 3.8) is 0 Å². The Bertz CT molecular complexity index is 1540. The molecule has 5 nitrogen and oxygen atoms in total. The van der Waals surface area contributed by atoms with Crippen LogP contribution in [0.3, 0.4) is 0 Å². The molecule has 2 aromatic heterocycles. The number of amides is 2. The summed E-state index contributed by atoms with van der Waals surface area (Å²) >= 11 is 1.50. The molecule has 0 saturated heterocycles. The molecule has 0 aliphatic heterocycles. The number of aromatic nitrogens is 1. The zero-order valence-corrected chi connectivity index (χ0v) is 24.2. The highest BCUT2D eigenvalue weighted by Crippen LogP contribution is 2.44. The van der Waals surface area contributed by atoms with E-state index < -0.39 is 5.91 Å². The lowest BCUT2D eigenvalue weighted by atomic mass is 9.72. The molecule has 0 spiro atoms. The van der Waals surface area contributed by atoms with E-state index in [1.54, 1.807) is 0 Å². The maximum absolute atomic E-state index is 13.8. The molecule has 0 saturated carbocycles. The highest BCUT2D eigenvalue weighted by molar-refractivity contribution is 7.17. The van der Waals surface area contributed by atoms with E-state index in [2.05, 4.69) is 64.2 Å². The summed E-state index contributed by atoms with van der Waals surface area (Å²) in [7, 11) is 0. The number of anilines is 1. The Hall–Kier alpha value is -3.51. The van der Waals surface area contributed by atoms with Crippen molar-refractivity contribution in [2.24, 2.45) is 23.0 Å². The number of pyridine rings is 1. The quantitative estimate of drug-likeness (QED) is 0.264. The smallest absolute Gasteiger partial charge is 0.257 e. The molecule has 0 bridgehead atoms. The van der Waals surface area contributed by atoms with Gasteiger partial charge in [-0.05, 0) is 66.2 Å². The number of benzene rings is 2. The average molecular weight is 540 g/mol. The van der Waals surface area contributed by atoms with Crippen LogP contribution in [0.1, 0.15) is 77.8 Å². The topological polar surface area (TPSA) is 85.1 Å². The number of primary amides is 1. The van der Waals surface area contributed by atoms with Crippen LogP contribution < -0.4 is 11.1 Å². The van der Waals surface area contributed by atoms with Crippen molar-refractivity contribution in [2.45, 2.75) is 60.3 Å². The van der Waals surface area contributed by atoms with Gasteiger partial charge in [0.1, 0.15) is 5.00 Å². The molecule has 2 heterocycles. The molecule has 4 aromatic rings. The van der Waals surface area contributed by atoms with Gasteiger partial charge >= 0.3 is 0 Å². The molecule has 39 heavy (non-hydrogen) atoms. The number of rotatable bonds is 6. The summed E-state index contributed by atoms with van der Waals surface area (Å²) in [6.07, 6.45) is 3.73. The molecule has 0 unspecified atom stereocenters. The SMILES string of the molecule is CC(C)Cc1ccc(-c2cc(C(=O)Nc3sc4c(c3C(N)=O)CC[C@@H](C(C)(C)C)C4)c3ccccc3n2)cc1. The predicted octanol–water partition coefficient (Wildman–Crippen LogP) is 7.66. The van der Waals surface area contributed by atoms with E-state index in [1.807, 2.05) is 30.3 Å². The zero-order valence-electron chi connectivity index (χ0n) is 23.4. The van der Waals surface area contributed by atoms with E-state index in [1.165, 1.54) is 16.9 Å². The average Bonchev–Trinajstić information content (AvgIpc) is 3.25. The monoisotopic (exact) mass is 539 g/mol. The second kappa shape index (κ2) is 10.6. The Labute approximate surface area is 234 Å². The highest BCUT2D eigenvalue weighted by atomic mass is 32.1. The first-order valence-electron chi connectivity index (χ1n) is 13.8. The lowest BCUT2D eigenvalue weighted by molar-refractivity contribution is 0.1000. The van der Waals surface area contributed by atoms with Crippen LogP contribution in [-0.4, -0.2) is 16.8 Å². The van der Waals surface area contributed by atoms with Gasteiger partial charge in [-0.3, -0.25) is 9.59 Å². The van der Waals surface area contributed by atoms with E-state index >= 15 is 0 Å². The molecule has 6 heteroatoms. The Morgan fingerprint density at radius 2 is 1.82 bits per heavy atom. The zero-order chi connectivity index (χ0) is 27.9. The largest absolute Gasteiger partial charge is 0.365 e. The molecule has 1 aliphatic carbocycles. The van der Waals surface area contributed by atoms with Crippen molar-refractivity contribution in [2.75, 3.05) is 5.32 Å². The van der Waals surface area contributed by atoms with Gasteiger partial charge in [-0.1, -0.05) is 77.1 Å². The standard InChI is InChI=1S/C33H37N3O2S/c1-19(2)16-20-10-12-21(13-11-20)27-18-25(23-8-6-7-9-26(23)35-27)31(38)36-32-29(30(34)37)24-15-14-22(33(3,4)5)17-28(24)39-32/h6-13,18-19,22H,14-17H2,1-5H3,(H2,34,37)(H,36,38)/t22-/m1/s1. The van der Waals surface area contributed by atoms with Crippen LogP contribution in [0.5, 0.6) is 0 Å². The molecule has 1 atom stereocenters. The molecule has 0 radical (unpaired) electrons. The summed E-state index contributed by atoms with van der Waals surface area (Å²) in [6, 6.07) is 17.9. The number of para-hydroxylation sites is 1. The van der Waals surface area contributed by atoms with Crippen LogP contribution in [-0.2, 0) is 19.3 Å². The van der Waals surface area contributed by atoms with E-state index in [-0.39, 0.29) is 11.3 Å². The van der Waals surface area contributed by atoms with E-state index in [0.29, 0.717) is 28.0 Å². The van der Waals surface area contributed by atoms with Crippen LogP contribution in [0.4, 0.5) is 5.00 Å². The third-order valence-corrected chi connectivity index (χ3v) is 8.99. The number of nitrogens with zero attached hydrogens (tertiary/aromatic N) is 1. The van der Waals surface area contributed by atoms with Gasteiger partial charge in [0.15, 0.2) is 0 Å². The van der Waals surface area contributed by atoms with Gasteiger partial charge in [0.25, 0.3) is 11.8 Å². The Morgan fingerprint density at radius 1 is 1.10 bits per heavy atom. The molecule has 0 fully saturated rings. The van der Waals surface area contributed by atoms with Crippen LogP contribution >= 0.6 is 11.3 Å². The van der Waals surface area contributed by atoms with Crippen molar-refractivity contribution in [1.82, 2.24) is 4.98 Å². The first kappa shape index (κ1) is 27.1.